The highest BCUT2D eigenvalue weighted by Crippen LogP contribution is 2.22. The zero-order valence-corrected chi connectivity index (χ0v) is 7.47. The lowest BCUT2D eigenvalue weighted by Gasteiger charge is -1.75. The third-order valence-corrected chi connectivity index (χ3v) is 3.04. The van der Waals surface area contributed by atoms with Crippen LogP contribution >= 0.6 is 45.7 Å². The van der Waals surface area contributed by atoms with E-state index in [0.29, 0.717) is 10.8 Å². The highest BCUT2D eigenvalue weighted by Gasteiger charge is 2.10. The van der Waals surface area contributed by atoms with Crippen molar-refractivity contribution in [2.45, 2.75) is 0 Å². The topological polar surface area (TPSA) is 40.2 Å². The summed E-state index contributed by atoms with van der Waals surface area (Å²) in [6.07, 6.45) is 0. The van der Waals surface area contributed by atoms with Crippen molar-refractivity contribution in [3.05, 3.63) is 8.04 Å². The van der Waals surface area contributed by atoms with Gasteiger partial charge in [-0.2, -0.15) is 0 Å². The van der Waals surface area contributed by atoms with Gasteiger partial charge < -0.3 is 5.73 Å². The van der Waals surface area contributed by atoms with Gasteiger partial charge in [-0.15, -0.1) is 4.37 Å². The van der Waals surface area contributed by atoms with Gasteiger partial charge in [0.05, 0.1) is 0 Å². The molecule has 0 spiro atoms. The van der Waals surface area contributed by atoms with E-state index in [-0.39, 0.29) is 0 Å². The normalized spacial score (nSPS) is 9.75. The van der Waals surface area contributed by atoms with E-state index < -0.39 is 0 Å². The molecule has 0 fully saturated rings. The van der Waals surface area contributed by atoms with Gasteiger partial charge in [0.25, 0.3) is 0 Å². The first-order valence-electron chi connectivity index (χ1n) is 1.82. The molecule has 0 atom stereocenters. The van der Waals surface area contributed by atoms with Crippen molar-refractivity contribution in [3.63, 3.8) is 0 Å². The lowest BCUT2D eigenvalue weighted by atomic mass is 10.6. The summed E-state index contributed by atoms with van der Waals surface area (Å²) in [6.45, 7) is 0. The number of nitrogen functional groups attached to an aromatic ring is 1. The Morgan fingerprint density at radius 3 is 2.50 bits per heavy atom. The Morgan fingerprint density at radius 2 is 2.38 bits per heavy atom. The summed E-state index contributed by atoms with van der Waals surface area (Å²) >= 11 is 9.11. The maximum absolute atomic E-state index is 5.55. The number of anilines is 1. The first-order chi connectivity index (χ1) is 3.72. The number of nitrogens with one attached hydrogen (secondary N) is 1. The van der Waals surface area contributed by atoms with Crippen LogP contribution < -0.4 is 10.1 Å². The van der Waals surface area contributed by atoms with E-state index in [0.717, 1.165) is 2.88 Å². The van der Waals surface area contributed by atoms with Crippen LogP contribution in [0.1, 0.15) is 0 Å². The second-order valence-electron chi connectivity index (χ2n) is 1.21. The van der Waals surface area contributed by atoms with Crippen LogP contribution in [0.15, 0.2) is 0 Å². The zero-order valence-electron chi connectivity index (χ0n) is 3.74. The molecule has 5 heteroatoms. The Kier molecular flexibility index (Phi) is 1.94. The predicted molar refractivity (Wildman–Crippen MR) is 43.0 cm³/mol. The van der Waals surface area contributed by atoms with Crippen LogP contribution in [0.2, 0.25) is 5.15 Å². The molecule has 0 bridgehead atoms. The molecule has 1 heterocycles. The Morgan fingerprint density at radius 1 is 1.75 bits per heavy atom. The summed E-state index contributed by atoms with van der Waals surface area (Å²) in [5.74, 6) is 0. The number of hydrogen-bond donors (Lipinski definition) is 1. The van der Waals surface area contributed by atoms with E-state index >= 15 is 0 Å². The standard InChI is InChI=1S/C3H2ClIN2S/c4-2-1(6)3(5)8-7-2/h6H2/p+1. The molecule has 1 rings (SSSR count). The van der Waals surface area contributed by atoms with Crippen LogP contribution in [-0.2, 0) is 0 Å². The van der Waals surface area contributed by atoms with Gasteiger partial charge in [-0.1, -0.05) is 0 Å². The molecule has 0 radical (unpaired) electrons. The Hall–Kier alpha value is 0.450. The summed E-state index contributed by atoms with van der Waals surface area (Å²) in [6, 6.07) is 0. The fraction of sp³-hybridized carbons (Fsp3) is 0. The second-order valence-corrected chi connectivity index (χ2v) is 4.21. The summed E-state index contributed by atoms with van der Waals surface area (Å²) < 4.78 is 3.82. The van der Waals surface area contributed by atoms with Crippen LogP contribution in [0.4, 0.5) is 5.69 Å². The SMILES string of the molecule is Nc1c(Cl)[nH+]sc1I. The molecule has 0 saturated heterocycles. The van der Waals surface area contributed by atoms with Crippen molar-refractivity contribution in [2.75, 3.05) is 5.73 Å². The molecule has 1 aromatic rings. The van der Waals surface area contributed by atoms with Crippen molar-refractivity contribution in [1.82, 2.24) is 0 Å². The maximum Gasteiger partial charge on any atom is 0.311 e. The Balaban J connectivity index is 3.19. The quantitative estimate of drug-likeness (QED) is 0.705. The average Bonchev–Trinajstić information content (AvgIpc) is 1.98. The van der Waals surface area contributed by atoms with Crippen LogP contribution in [-0.4, -0.2) is 0 Å². The molecular weight excluding hydrogens is 258 g/mol. The van der Waals surface area contributed by atoms with E-state index in [2.05, 4.69) is 27.0 Å². The van der Waals surface area contributed by atoms with Gasteiger partial charge in [0.1, 0.15) is 17.2 Å². The number of hydrogen-bond acceptors (Lipinski definition) is 2. The summed E-state index contributed by atoms with van der Waals surface area (Å²) in [7, 11) is 0. The molecule has 0 aliphatic heterocycles. The largest absolute Gasteiger partial charge is 0.391 e. The molecular formula is C3H3ClIN2S+. The molecule has 0 unspecified atom stereocenters. The highest BCUT2D eigenvalue weighted by atomic mass is 127. The van der Waals surface area contributed by atoms with Crippen LogP contribution in [0.5, 0.6) is 0 Å². The molecule has 0 aliphatic carbocycles. The van der Waals surface area contributed by atoms with Crippen molar-refractivity contribution in [3.8, 4) is 0 Å². The lowest BCUT2D eigenvalue weighted by molar-refractivity contribution is -0.286. The van der Waals surface area contributed by atoms with Crippen molar-refractivity contribution < 1.29 is 4.37 Å². The van der Waals surface area contributed by atoms with Crippen LogP contribution in [0, 0.1) is 2.88 Å². The fourth-order valence-corrected chi connectivity index (χ4v) is 1.81. The average molecular weight is 261 g/mol. The molecule has 0 aliphatic rings. The lowest BCUT2D eigenvalue weighted by Crippen LogP contribution is -1.92. The van der Waals surface area contributed by atoms with Gasteiger partial charge >= 0.3 is 5.15 Å². The van der Waals surface area contributed by atoms with E-state index in [1.54, 1.807) is 0 Å². The van der Waals surface area contributed by atoms with Gasteiger partial charge in [-0.3, -0.25) is 0 Å². The maximum atomic E-state index is 5.55. The number of halogens is 2. The number of H-pyrrole nitrogens is 1. The monoisotopic (exact) mass is 261 g/mol. The van der Waals surface area contributed by atoms with Crippen molar-refractivity contribution in [1.29, 1.82) is 0 Å². The molecule has 1 aromatic heterocycles. The molecule has 8 heavy (non-hydrogen) atoms. The minimum Gasteiger partial charge on any atom is -0.391 e. The van der Waals surface area contributed by atoms with Gasteiger partial charge in [-0.25, -0.2) is 0 Å². The molecule has 0 amide bonds. The molecule has 0 saturated carbocycles. The second kappa shape index (κ2) is 2.36. The summed E-state index contributed by atoms with van der Waals surface area (Å²) in [4.78, 5) is 0. The highest BCUT2D eigenvalue weighted by molar-refractivity contribution is 14.1. The van der Waals surface area contributed by atoms with Gasteiger partial charge in [-0.05, 0) is 34.2 Å². The minimum absolute atomic E-state index is 0.541. The number of aromatic amines is 1. The Bertz CT molecular complexity index is 180. The smallest absolute Gasteiger partial charge is 0.311 e. The van der Waals surface area contributed by atoms with E-state index in [1.807, 2.05) is 0 Å². The van der Waals surface area contributed by atoms with E-state index in [1.165, 1.54) is 11.5 Å². The third-order valence-electron chi connectivity index (χ3n) is 0.678. The van der Waals surface area contributed by atoms with Crippen molar-refractivity contribution >= 4 is 51.4 Å². The van der Waals surface area contributed by atoms with E-state index in [4.69, 9.17) is 17.3 Å². The van der Waals surface area contributed by atoms with Gasteiger partial charge in [0.2, 0.25) is 0 Å². The molecule has 0 aromatic carbocycles. The summed E-state index contributed by atoms with van der Waals surface area (Å²) in [5.41, 5.74) is 6.09. The van der Waals surface area contributed by atoms with Crippen LogP contribution in [0.25, 0.3) is 0 Å². The fourth-order valence-electron chi connectivity index (χ4n) is 0.286. The predicted octanol–water partition coefficient (Wildman–Crippen LogP) is 1.40. The zero-order chi connectivity index (χ0) is 6.15. The Labute approximate surface area is 69.3 Å². The van der Waals surface area contributed by atoms with Crippen molar-refractivity contribution in [2.24, 2.45) is 0 Å². The van der Waals surface area contributed by atoms with Gasteiger partial charge in [0.15, 0.2) is 2.88 Å². The first-order valence-corrected chi connectivity index (χ1v) is 4.10. The van der Waals surface area contributed by atoms with E-state index in [9.17, 15) is 0 Å². The number of aromatic nitrogens is 1. The third kappa shape index (κ3) is 1.06. The molecule has 2 nitrogen and oxygen atoms in total. The minimum atomic E-state index is 0.541. The first kappa shape index (κ1) is 6.57. The number of nitrogens with two attached hydrogens (primary N) is 1. The summed E-state index contributed by atoms with van der Waals surface area (Å²) in [5, 5.41) is 0.541. The van der Waals surface area contributed by atoms with Gasteiger partial charge in [0, 0.05) is 0 Å². The number of rotatable bonds is 0. The van der Waals surface area contributed by atoms with Crippen LogP contribution in [0.3, 0.4) is 0 Å². The molecule has 3 N–H and O–H groups in total. The molecule has 44 valence electrons.